The predicted octanol–water partition coefficient (Wildman–Crippen LogP) is 5.39. The number of nitrogens with zero attached hydrogens (tertiary/aromatic N) is 2. The Morgan fingerprint density at radius 3 is 2.38 bits per heavy atom. The number of benzene rings is 3. The van der Waals surface area contributed by atoms with E-state index in [1.807, 2.05) is 12.1 Å². The van der Waals surface area contributed by atoms with Crippen LogP contribution in [0.3, 0.4) is 0 Å². The molecule has 29 heavy (non-hydrogen) atoms. The second-order valence-electron chi connectivity index (χ2n) is 6.01. The third-order valence-corrected chi connectivity index (χ3v) is 4.59. The molecule has 0 radical (unpaired) electrons. The second kappa shape index (κ2) is 9.11. The molecule has 0 aliphatic heterocycles. The number of carboxylic acid groups (broad SMARTS) is 1. The number of ether oxygens (including phenoxy) is 1. The van der Waals surface area contributed by atoms with Gasteiger partial charge in [-0.15, -0.1) is 0 Å². The molecule has 7 nitrogen and oxygen atoms in total. The summed E-state index contributed by atoms with van der Waals surface area (Å²) in [6.45, 7) is 0.300. The lowest BCUT2D eigenvalue weighted by molar-refractivity contribution is -0.384. The maximum absolute atomic E-state index is 10.9. The van der Waals surface area contributed by atoms with Crippen LogP contribution in [-0.4, -0.2) is 22.2 Å². The Hall–Kier alpha value is -3.52. The fraction of sp³-hybridized carbons (Fsp3) is 0.0476. The Morgan fingerprint density at radius 1 is 1.10 bits per heavy atom. The summed E-state index contributed by atoms with van der Waals surface area (Å²) in [5.41, 5.74) is 2.54. The van der Waals surface area contributed by atoms with Gasteiger partial charge in [0.15, 0.2) is 0 Å². The van der Waals surface area contributed by atoms with Gasteiger partial charge in [-0.05, 0) is 69.5 Å². The monoisotopic (exact) mass is 454 g/mol. The SMILES string of the molecule is O=C(O)c1ccc(COc2ccc(C=Nc3ccc([N+](=O)[O-])cc3)cc2Br)cc1. The highest BCUT2D eigenvalue weighted by Crippen LogP contribution is 2.27. The minimum Gasteiger partial charge on any atom is -0.488 e. The number of carbonyl (C=O) groups is 1. The van der Waals surface area contributed by atoms with Crippen LogP contribution in [0.15, 0.2) is 76.2 Å². The molecule has 1 N–H and O–H groups in total. The van der Waals surface area contributed by atoms with Crippen LogP contribution < -0.4 is 4.74 Å². The van der Waals surface area contributed by atoms with E-state index >= 15 is 0 Å². The normalized spacial score (nSPS) is 10.8. The van der Waals surface area contributed by atoms with Crippen molar-refractivity contribution in [3.05, 3.63) is 98.0 Å². The standard InChI is InChI=1S/C21H15BrN2O5/c22-19-11-15(12-23-17-6-8-18(9-7-17)24(27)28)3-10-20(19)29-13-14-1-4-16(5-2-14)21(25)26/h1-12H,13H2,(H,25,26). The minimum atomic E-state index is -0.966. The molecule has 0 spiro atoms. The van der Waals surface area contributed by atoms with Crippen LogP contribution >= 0.6 is 15.9 Å². The van der Waals surface area contributed by atoms with Crippen molar-refractivity contribution in [3.8, 4) is 5.75 Å². The van der Waals surface area contributed by atoms with Gasteiger partial charge in [-0.1, -0.05) is 12.1 Å². The number of non-ortho nitro benzene ring substituents is 1. The quantitative estimate of drug-likeness (QED) is 0.293. The van der Waals surface area contributed by atoms with Crippen molar-refractivity contribution in [2.45, 2.75) is 6.61 Å². The van der Waals surface area contributed by atoms with Crippen molar-refractivity contribution in [2.24, 2.45) is 4.99 Å². The number of nitro groups is 1. The Balaban J connectivity index is 1.63. The lowest BCUT2D eigenvalue weighted by Crippen LogP contribution is -1.99. The molecule has 0 aromatic heterocycles. The smallest absolute Gasteiger partial charge is 0.335 e. The van der Waals surface area contributed by atoms with Crippen LogP contribution in [-0.2, 0) is 6.61 Å². The summed E-state index contributed by atoms with van der Waals surface area (Å²) in [6, 6.07) is 17.9. The van der Waals surface area contributed by atoms with E-state index in [0.717, 1.165) is 15.6 Å². The number of nitro benzene ring substituents is 1. The second-order valence-corrected chi connectivity index (χ2v) is 6.87. The molecule has 146 valence electrons. The molecule has 3 aromatic rings. The van der Waals surface area contributed by atoms with Gasteiger partial charge >= 0.3 is 5.97 Å². The molecule has 0 bridgehead atoms. The van der Waals surface area contributed by atoms with Crippen molar-refractivity contribution in [1.82, 2.24) is 0 Å². The highest BCUT2D eigenvalue weighted by atomic mass is 79.9. The van der Waals surface area contributed by atoms with E-state index in [0.29, 0.717) is 18.0 Å². The summed E-state index contributed by atoms with van der Waals surface area (Å²) in [7, 11) is 0. The fourth-order valence-corrected chi connectivity index (χ4v) is 2.94. The van der Waals surface area contributed by atoms with Gasteiger partial charge in [-0.25, -0.2) is 4.79 Å². The molecule has 8 heteroatoms. The molecule has 3 aromatic carbocycles. The van der Waals surface area contributed by atoms with Crippen LogP contribution in [0.4, 0.5) is 11.4 Å². The third-order valence-electron chi connectivity index (χ3n) is 3.97. The van der Waals surface area contributed by atoms with Crippen LogP contribution in [0, 0.1) is 10.1 Å². The topological polar surface area (TPSA) is 102 Å². The molecule has 0 fully saturated rings. The molecule has 0 heterocycles. The molecule has 3 rings (SSSR count). The summed E-state index contributed by atoms with van der Waals surface area (Å²) in [5.74, 6) is -0.328. The first-order valence-electron chi connectivity index (χ1n) is 8.45. The number of carboxylic acids is 1. The van der Waals surface area contributed by atoms with E-state index in [1.165, 1.54) is 24.3 Å². The molecular formula is C21H15BrN2O5. The van der Waals surface area contributed by atoms with Crippen molar-refractivity contribution in [1.29, 1.82) is 0 Å². The van der Waals surface area contributed by atoms with Crippen molar-refractivity contribution < 1.29 is 19.6 Å². The van der Waals surface area contributed by atoms with E-state index in [-0.39, 0.29) is 11.3 Å². The van der Waals surface area contributed by atoms with Gasteiger partial charge in [-0.3, -0.25) is 15.1 Å². The predicted molar refractivity (Wildman–Crippen MR) is 112 cm³/mol. The first-order valence-corrected chi connectivity index (χ1v) is 9.25. The molecule has 0 aliphatic rings. The molecule has 0 aliphatic carbocycles. The lowest BCUT2D eigenvalue weighted by atomic mass is 10.1. The first-order chi connectivity index (χ1) is 13.9. The van der Waals surface area contributed by atoms with Gasteiger partial charge in [0.05, 0.1) is 20.6 Å². The Labute approximate surface area is 174 Å². The molecule has 0 unspecified atom stereocenters. The van der Waals surface area contributed by atoms with Gasteiger partial charge in [-0.2, -0.15) is 0 Å². The first kappa shape index (κ1) is 20.2. The number of halogens is 1. The molecule has 0 atom stereocenters. The molecule has 0 amide bonds. The van der Waals surface area contributed by atoms with Gasteiger partial charge in [0.1, 0.15) is 12.4 Å². The van der Waals surface area contributed by atoms with Gasteiger partial charge in [0, 0.05) is 18.3 Å². The van der Waals surface area contributed by atoms with Gasteiger partial charge in [0.2, 0.25) is 0 Å². The maximum Gasteiger partial charge on any atom is 0.335 e. The minimum absolute atomic E-state index is 0.0193. The number of aliphatic imine (C=N–C) groups is 1. The molecule has 0 saturated carbocycles. The largest absolute Gasteiger partial charge is 0.488 e. The maximum atomic E-state index is 10.9. The average molecular weight is 455 g/mol. The molecular weight excluding hydrogens is 440 g/mol. The number of hydrogen-bond donors (Lipinski definition) is 1. The van der Waals surface area contributed by atoms with Crippen molar-refractivity contribution in [3.63, 3.8) is 0 Å². The van der Waals surface area contributed by atoms with E-state index in [2.05, 4.69) is 20.9 Å². The van der Waals surface area contributed by atoms with E-state index < -0.39 is 10.9 Å². The zero-order valence-electron chi connectivity index (χ0n) is 15.0. The Morgan fingerprint density at radius 2 is 1.79 bits per heavy atom. The average Bonchev–Trinajstić information content (AvgIpc) is 2.72. The van der Waals surface area contributed by atoms with Crippen molar-refractivity contribution >= 4 is 39.5 Å². The van der Waals surface area contributed by atoms with E-state index in [1.54, 1.807) is 36.5 Å². The van der Waals surface area contributed by atoms with E-state index in [9.17, 15) is 14.9 Å². The summed E-state index contributed by atoms with van der Waals surface area (Å²) >= 11 is 3.46. The summed E-state index contributed by atoms with van der Waals surface area (Å²) in [4.78, 5) is 25.4. The number of hydrogen-bond acceptors (Lipinski definition) is 5. The van der Waals surface area contributed by atoms with Gasteiger partial charge in [0.25, 0.3) is 5.69 Å². The Kier molecular flexibility index (Phi) is 6.36. The highest BCUT2D eigenvalue weighted by molar-refractivity contribution is 9.10. The molecule has 0 saturated heterocycles. The summed E-state index contributed by atoms with van der Waals surface area (Å²) < 4.78 is 6.52. The lowest BCUT2D eigenvalue weighted by Gasteiger charge is -2.09. The van der Waals surface area contributed by atoms with Crippen LogP contribution in [0.2, 0.25) is 0 Å². The number of rotatable bonds is 7. The Bertz CT molecular complexity index is 1060. The fourth-order valence-electron chi connectivity index (χ4n) is 2.43. The zero-order chi connectivity index (χ0) is 20.8. The third kappa shape index (κ3) is 5.49. The van der Waals surface area contributed by atoms with E-state index in [4.69, 9.17) is 9.84 Å². The highest BCUT2D eigenvalue weighted by Gasteiger charge is 2.06. The number of aromatic carboxylic acids is 1. The van der Waals surface area contributed by atoms with Gasteiger partial charge < -0.3 is 9.84 Å². The van der Waals surface area contributed by atoms with Crippen LogP contribution in [0.1, 0.15) is 21.5 Å². The zero-order valence-corrected chi connectivity index (χ0v) is 16.6. The summed E-state index contributed by atoms with van der Waals surface area (Å²) in [5, 5.41) is 19.6. The van der Waals surface area contributed by atoms with Crippen molar-refractivity contribution in [2.75, 3.05) is 0 Å². The summed E-state index contributed by atoms with van der Waals surface area (Å²) in [6.07, 6.45) is 1.65. The van der Waals surface area contributed by atoms with Crippen LogP contribution in [0.5, 0.6) is 5.75 Å². The van der Waals surface area contributed by atoms with Crippen LogP contribution in [0.25, 0.3) is 0 Å².